The van der Waals surface area contributed by atoms with Crippen molar-refractivity contribution in [2.24, 2.45) is 22.4 Å². The fourth-order valence-corrected chi connectivity index (χ4v) is 5.87. The molecule has 1 aliphatic rings. The molecule has 3 aromatic rings. The topological polar surface area (TPSA) is 130 Å². The van der Waals surface area contributed by atoms with E-state index in [0.717, 1.165) is 12.2 Å². The van der Waals surface area contributed by atoms with Gasteiger partial charge in [0.1, 0.15) is 5.82 Å². The van der Waals surface area contributed by atoms with Crippen LogP contribution in [0.3, 0.4) is 0 Å². The van der Waals surface area contributed by atoms with Crippen molar-refractivity contribution in [1.82, 2.24) is 4.98 Å². The van der Waals surface area contributed by atoms with Crippen LogP contribution in [-0.2, 0) is 4.79 Å². The van der Waals surface area contributed by atoms with Crippen molar-refractivity contribution in [1.29, 1.82) is 0 Å². The first-order valence-corrected chi connectivity index (χ1v) is 14.5. The third-order valence-electron chi connectivity index (χ3n) is 7.90. The summed E-state index contributed by atoms with van der Waals surface area (Å²) in [5.74, 6) is 0.295. The number of carboxylic acid groups (broad SMARTS) is 1. The van der Waals surface area contributed by atoms with E-state index in [9.17, 15) is 9.90 Å². The van der Waals surface area contributed by atoms with E-state index in [0.29, 0.717) is 17.9 Å². The highest BCUT2D eigenvalue weighted by Gasteiger charge is 2.30. The van der Waals surface area contributed by atoms with Gasteiger partial charge in [-0.2, -0.15) is 0 Å². The number of rotatable bonds is 15. The van der Waals surface area contributed by atoms with E-state index in [-0.39, 0.29) is 24.5 Å². The van der Waals surface area contributed by atoms with Crippen LogP contribution in [0, 0.1) is 5.92 Å². The Kier molecular flexibility index (Phi) is 10.4. The second-order valence-corrected chi connectivity index (χ2v) is 10.8. The van der Waals surface area contributed by atoms with Gasteiger partial charge in [0.05, 0.1) is 12.6 Å². The fraction of sp³-hybridized carbons (Fsp3) is 0.394. The van der Waals surface area contributed by atoms with Crippen molar-refractivity contribution in [2.45, 2.75) is 70.3 Å². The average molecular weight is 542 g/mol. The molecule has 0 bridgehead atoms. The Labute approximate surface area is 237 Å². The SMILES string of the molecule is CCCCCCCCC1c2cc3ccccc3cc2C=CC1CC(Nc1ccc[nH]1)C(=CC(=O)O)CN=C(N)N. The molecule has 0 saturated heterocycles. The Morgan fingerprint density at radius 2 is 1.82 bits per heavy atom. The van der Waals surface area contributed by atoms with E-state index in [1.54, 1.807) is 0 Å². The summed E-state index contributed by atoms with van der Waals surface area (Å²) in [6, 6.07) is 16.8. The first kappa shape index (κ1) is 29.0. The van der Waals surface area contributed by atoms with Gasteiger partial charge in [0.25, 0.3) is 0 Å². The van der Waals surface area contributed by atoms with Crippen LogP contribution in [0.5, 0.6) is 0 Å². The number of H-pyrrole nitrogens is 1. The zero-order valence-corrected chi connectivity index (χ0v) is 23.5. The number of hydrogen-bond acceptors (Lipinski definition) is 3. The Balaban J connectivity index is 1.65. The number of nitrogens with zero attached hydrogens (tertiary/aromatic N) is 1. The largest absolute Gasteiger partial charge is 0.478 e. The lowest BCUT2D eigenvalue weighted by molar-refractivity contribution is -0.131. The number of aliphatic carboxylic acids is 1. The highest BCUT2D eigenvalue weighted by Crippen LogP contribution is 2.42. The van der Waals surface area contributed by atoms with Gasteiger partial charge in [-0.15, -0.1) is 0 Å². The number of nitrogens with two attached hydrogens (primary N) is 2. The van der Waals surface area contributed by atoms with Gasteiger partial charge in [-0.05, 0) is 70.3 Å². The maximum absolute atomic E-state index is 11.8. The van der Waals surface area contributed by atoms with E-state index in [4.69, 9.17) is 11.5 Å². The second-order valence-electron chi connectivity index (χ2n) is 10.8. The minimum atomic E-state index is -1.02. The lowest BCUT2D eigenvalue weighted by Crippen LogP contribution is -2.31. The van der Waals surface area contributed by atoms with Crippen molar-refractivity contribution < 1.29 is 9.90 Å². The number of hydrogen-bond donors (Lipinski definition) is 5. The molecular weight excluding hydrogens is 498 g/mol. The third-order valence-corrected chi connectivity index (χ3v) is 7.90. The smallest absolute Gasteiger partial charge is 0.328 e. The molecule has 3 atom stereocenters. The summed E-state index contributed by atoms with van der Waals surface area (Å²) in [6.45, 7) is 2.37. The molecule has 7 nitrogen and oxygen atoms in total. The van der Waals surface area contributed by atoms with Crippen LogP contribution in [-0.4, -0.2) is 34.6 Å². The normalized spacial score (nSPS) is 17.4. The molecule has 1 heterocycles. The zero-order chi connectivity index (χ0) is 28.3. The van der Waals surface area contributed by atoms with Gasteiger partial charge in [-0.25, -0.2) is 9.79 Å². The van der Waals surface area contributed by atoms with Crippen molar-refractivity contribution in [3.8, 4) is 0 Å². The van der Waals surface area contributed by atoms with Gasteiger partial charge in [0, 0.05) is 12.3 Å². The molecule has 2 aromatic carbocycles. The van der Waals surface area contributed by atoms with E-state index in [2.05, 4.69) is 70.8 Å². The molecule has 1 aromatic heterocycles. The number of allylic oxidation sites excluding steroid dienone is 1. The van der Waals surface area contributed by atoms with Crippen LogP contribution in [0.2, 0.25) is 0 Å². The maximum atomic E-state index is 11.8. The summed E-state index contributed by atoms with van der Waals surface area (Å²) in [5, 5.41) is 15.7. The van der Waals surface area contributed by atoms with Crippen molar-refractivity contribution in [3.05, 3.63) is 83.6 Å². The molecule has 1 aliphatic carbocycles. The van der Waals surface area contributed by atoms with Crippen LogP contribution in [0.25, 0.3) is 16.8 Å². The molecule has 4 rings (SSSR count). The monoisotopic (exact) mass is 541 g/mol. The van der Waals surface area contributed by atoms with Gasteiger partial charge >= 0.3 is 5.97 Å². The molecule has 0 fully saturated rings. The predicted molar refractivity (Wildman–Crippen MR) is 166 cm³/mol. The molecular formula is C33H43N5O2. The molecule has 3 unspecified atom stereocenters. The molecule has 40 heavy (non-hydrogen) atoms. The number of aliphatic imine (C=N–C) groups is 1. The number of nitrogens with one attached hydrogen (secondary N) is 2. The first-order chi connectivity index (χ1) is 19.4. The molecule has 7 N–H and O–H groups in total. The third kappa shape index (κ3) is 8.01. The fourth-order valence-electron chi connectivity index (χ4n) is 5.87. The summed E-state index contributed by atoms with van der Waals surface area (Å²) in [6.07, 6.45) is 17.0. The van der Waals surface area contributed by atoms with Gasteiger partial charge in [-0.1, -0.05) is 87.9 Å². The Hall–Kier alpha value is -4.00. The number of carboxylic acids is 1. The minimum Gasteiger partial charge on any atom is -0.478 e. The Morgan fingerprint density at radius 1 is 1.07 bits per heavy atom. The molecule has 0 saturated carbocycles. The van der Waals surface area contributed by atoms with Crippen LogP contribution < -0.4 is 16.8 Å². The van der Waals surface area contributed by atoms with Gasteiger partial charge in [-0.3, -0.25) is 0 Å². The van der Waals surface area contributed by atoms with Crippen molar-refractivity contribution >= 4 is 34.6 Å². The number of guanidine groups is 1. The lowest BCUT2D eigenvalue weighted by atomic mass is 9.73. The molecule has 7 heteroatoms. The van der Waals surface area contributed by atoms with Crippen LogP contribution in [0.15, 0.2) is 77.4 Å². The molecule has 0 aliphatic heterocycles. The number of carbonyl (C=O) groups is 1. The minimum absolute atomic E-state index is 0.0609. The van der Waals surface area contributed by atoms with Crippen molar-refractivity contribution in [2.75, 3.05) is 11.9 Å². The molecule has 0 amide bonds. The Bertz CT molecular complexity index is 1340. The number of fused-ring (bicyclic) bond motifs is 2. The van der Waals surface area contributed by atoms with Crippen LogP contribution in [0.1, 0.15) is 75.3 Å². The maximum Gasteiger partial charge on any atom is 0.328 e. The van der Waals surface area contributed by atoms with E-state index in [1.165, 1.54) is 66.5 Å². The quantitative estimate of drug-likeness (QED) is 0.0625. The highest BCUT2D eigenvalue weighted by atomic mass is 16.4. The molecule has 0 radical (unpaired) electrons. The van der Waals surface area contributed by atoms with Gasteiger partial charge in [0.15, 0.2) is 5.96 Å². The number of anilines is 1. The summed E-state index contributed by atoms with van der Waals surface area (Å²) < 4.78 is 0. The molecule has 212 valence electrons. The summed E-state index contributed by atoms with van der Waals surface area (Å²) in [5.41, 5.74) is 14.5. The van der Waals surface area contributed by atoms with Gasteiger partial charge < -0.3 is 26.9 Å². The molecule has 0 spiro atoms. The number of aromatic nitrogens is 1. The first-order valence-electron chi connectivity index (χ1n) is 14.5. The lowest BCUT2D eigenvalue weighted by Gasteiger charge is -2.34. The zero-order valence-electron chi connectivity index (χ0n) is 23.5. The summed E-state index contributed by atoms with van der Waals surface area (Å²) in [7, 11) is 0. The van der Waals surface area contributed by atoms with E-state index in [1.807, 2.05) is 18.3 Å². The highest BCUT2D eigenvalue weighted by molar-refractivity contribution is 5.87. The van der Waals surface area contributed by atoms with E-state index >= 15 is 0 Å². The van der Waals surface area contributed by atoms with Gasteiger partial charge in [0.2, 0.25) is 0 Å². The predicted octanol–water partition coefficient (Wildman–Crippen LogP) is 6.80. The number of aromatic amines is 1. The number of unbranched alkanes of at least 4 members (excludes halogenated alkanes) is 5. The van der Waals surface area contributed by atoms with Crippen LogP contribution in [0.4, 0.5) is 5.82 Å². The number of benzene rings is 2. The summed E-state index contributed by atoms with van der Waals surface area (Å²) >= 11 is 0. The Morgan fingerprint density at radius 3 is 2.52 bits per heavy atom. The standard InChI is InChI=1S/C33H43N5O2/c1-2-3-4-5-6-7-13-28-26(16-15-25-18-23-11-8-9-12-24(23)19-29(25)28)20-30(38-31-14-10-17-36-31)27(21-32(39)40)22-37-33(34)35/h8-12,14-19,21,26,28,30,36,38H,2-7,13,20,22H2,1H3,(H,39,40)(H4,34,35,37). The second kappa shape index (κ2) is 14.4. The van der Waals surface area contributed by atoms with Crippen LogP contribution >= 0.6 is 0 Å². The van der Waals surface area contributed by atoms with Crippen molar-refractivity contribution in [3.63, 3.8) is 0 Å². The van der Waals surface area contributed by atoms with E-state index < -0.39 is 5.97 Å². The summed E-state index contributed by atoms with van der Waals surface area (Å²) in [4.78, 5) is 19.2. The average Bonchev–Trinajstić information content (AvgIpc) is 3.45.